The predicted octanol–water partition coefficient (Wildman–Crippen LogP) is 3.66. The average molecular weight is 490 g/mol. The van der Waals surface area contributed by atoms with Crippen LogP contribution in [0.1, 0.15) is 45.6 Å². The van der Waals surface area contributed by atoms with Crippen LogP contribution in [0, 0.1) is 5.82 Å². The van der Waals surface area contributed by atoms with Crippen LogP contribution in [-0.4, -0.2) is 43.8 Å². The van der Waals surface area contributed by atoms with Crippen molar-refractivity contribution in [1.82, 2.24) is 10.6 Å². The molecule has 2 aliphatic heterocycles. The van der Waals surface area contributed by atoms with Crippen molar-refractivity contribution in [2.75, 3.05) is 24.5 Å². The molecule has 0 amide bonds. The maximum Gasteiger partial charge on any atom is 0.191 e. The fraction of sp³-hybridized carbons (Fsp3) is 0.650. The van der Waals surface area contributed by atoms with Crippen molar-refractivity contribution >= 4 is 35.6 Å². The lowest BCUT2D eigenvalue weighted by Crippen LogP contribution is -2.47. The summed E-state index contributed by atoms with van der Waals surface area (Å²) in [6, 6.07) is 5.75. The fourth-order valence-electron chi connectivity index (χ4n) is 3.93. The molecule has 2 N–H and O–H groups in total. The molecule has 152 valence electrons. The molecule has 3 rings (SSSR count). The molecule has 2 fully saturated rings. The molecule has 3 atom stereocenters. The number of nitrogens with one attached hydrogen (secondary N) is 2. The van der Waals surface area contributed by atoms with E-state index < -0.39 is 0 Å². The molecule has 0 aliphatic carbocycles. The standard InChI is InChI=1S/C20H31FN4O.HI/c1-4-22-20(24-17-12-15-8-10-19(17)26-15)23-13-14-7-9-18(16(21)11-14)25(5-2)6-3;/h7,9,11,15,17,19H,4-6,8,10,12-13H2,1-3H3,(H2,22,23,24);1H. The molecule has 27 heavy (non-hydrogen) atoms. The number of anilines is 1. The highest BCUT2D eigenvalue weighted by molar-refractivity contribution is 14.0. The zero-order valence-electron chi connectivity index (χ0n) is 16.5. The Bertz CT molecular complexity index is 638. The van der Waals surface area contributed by atoms with Crippen molar-refractivity contribution in [3.63, 3.8) is 0 Å². The van der Waals surface area contributed by atoms with Crippen molar-refractivity contribution in [2.24, 2.45) is 4.99 Å². The minimum Gasteiger partial charge on any atom is -0.373 e. The van der Waals surface area contributed by atoms with Crippen LogP contribution in [0.25, 0.3) is 0 Å². The number of nitrogens with zero attached hydrogens (tertiary/aromatic N) is 2. The number of ether oxygens (including phenoxy) is 1. The van der Waals surface area contributed by atoms with Gasteiger partial charge in [0, 0.05) is 19.6 Å². The minimum atomic E-state index is -0.180. The molecule has 5 nitrogen and oxygen atoms in total. The molecule has 2 aliphatic rings. The lowest BCUT2D eigenvalue weighted by molar-refractivity contribution is 0.0992. The van der Waals surface area contributed by atoms with Crippen LogP contribution in [0.2, 0.25) is 0 Å². The summed E-state index contributed by atoms with van der Waals surface area (Å²) in [7, 11) is 0. The molecule has 0 radical (unpaired) electrons. The first kappa shape index (κ1) is 22.2. The number of hydrogen-bond donors (Lipinski definition) is 2. The Morgan fingerprint density at radius 3 is 2.59 bits per heavy atom. The molecule has 1 aromatic carbocycles. The first-order valence-electron chi connectivity index (χ1n) is 9.88. The van der Waals surface area contributed by atoms with Gasteiger partial charge < -0.3 is 20.3 Å². The van der Waals surface area contributed by atoms with Crippen LogP contribution in [-0.2, 0) is 11.3 Å². The summed E-state index contributed by atoms with van der Waals surface area (Å²) in [5, 5.41) is 6.78. The minimum absolute atomic E-state index is 0. The Labute approximate surface area is 179 Å². The van der Waals surface area contributed by atoms with E-state index in [1.54, 1.807) is 6.07 Å². The Morgan fingerprint density at radius 2 is 2.04 bits per heavy atom. The van der Waals surface area contributed by atoms with E-state index in [4.69, 9.17) is 4.74 Å². The van der Waals surface area contributed by atoms with E-state index in [-0.39, 0.29) is 29.8 Å². The Kier molecular flexibility index (Phi) is 8.60. The predicted molar refractivity (Wildman–Crippen MR) is 120 cm³/mol. The van der Waals surface area contributed by atoms with Crippen molar-refractivity contribution in [3.05, 3.63) is 29.6 Å². The second-order valence-electron chi connectivity index (χ2n) is 7.01. The number of guanidine groups is 1. The van der Waals surface area contributed by atoms with Crippen LogP contribution < -0.4 is 15.5 Å². The zero-order valence-corrected chi connectivity index (χ0v) is 18.8. The van der Waals surface area contributed by atoms with Crippen LogP contribution in [0.3, 0.4) is 0 Å². The molecular weight excluding hydrogens is 458 g/mol. The van der Waals surface area contributed by atoms with Gasteiger partial charge in [-0.1, -0.05) is 6.07 Å². The van der Waals surface area contributed by atoms with E-state index in [2.05, 4.69) is 15.6 Å². The Balaban J connectivity index is 0.00000261. The van der Waals surface area contributed by atoms with E-state index in [1.165, 1.54) is 6.42 Å². The SMILES string of the molecule is CCNC(=NCc1ccc(N(CC)CC)c(F)c1)NC1CC2CCC1O2.I. The highest BCUT2D eigenvalue weighted by atomic mass is 127. The van der Waals surface area contributed by atoms with Crippen LogP contribution in [0.5, 0.6) is 0 Å². The molecule has 0 aromatic heterocycles. The second kappa shape index (κ2) is 10.5. The first-order valence-corrected chi connectivity index (χ1v) is 9.88. The number of halogens is 2. The number of aliphatic imine (C=N–C) groups is 1. The molecule has 2 bridgehead atoms. The summed E-state index contributed by atoms with van der Waals surface area (Å²) >= 11 is 0. The monoisotopic (exact) mass is 490 g/mol. The molecular formula is C20H32FIN4O. The van der Waals surface area contributed by atoms with Crippen molar-refractivity contribution in [1.29, 1.82) is 0 Å². The summed E-state index contributed by atoms with van der Waals surface area (Å²) < 4.78 is 20.3. The number of fused-ring (bicyclic) bond motifs is 2. The average Bonchev–Trinajstić information content (AvgIpc) is 3.25. The van der Waals surface area contributed by atoms with Gasteiger partial charge in [-0.25, -0.2) is 9.38 Å². The number of benzene rings is 1. The lowest BCUT2D eigenvalue weighted by Gasteiger charge is -2.23. The molecule has 3 unspecified atom stereocenters. The van der Waals surface area contributed by atoms with Gasteiger partial charge in [0.15, 0.2) is 5.96 Å². The largest absolute Gasteiger partial charge is 0.373 e. The topological polar surface area (TPSA) is 48.9 Å². The van der Waals surface area contributed by atoms with Crippen molar-refractivity contribution in [3.8, 4) is 0 Å². The van der Waals surface area contributed by atoms with E-state index in [0.29, 0.717) is 30.5 Å². The summed E-state index contributed by atoms with van der Waals surface area (Å²) in [5.74, 6) is 0.600. The van der Waals surface area contributed by atoms with E-state index in [1.807, 2.05) is 37.8 Å². The van der Waals surface area contributed by atoms with Gasteiger partial charge in [-0.2, -0.15) is 0 Å². The summed E-state index contributed by atoms with van der Waals surface area (Å²) in [5.41, 5.74) is 1.53. The number of rotatable bonds is 7. The van der Waals surface area contributed by atoms with Crippen molar-refractivity contribution < 1.29 is 9.13 Å². The van der Waals surface area contributed by atoms with Gasteiger partial charge in [0.05, 0.1) is 30.5 Å². The normalized spacial score (nSPS) is 23.9. The van der Waals surface area contributed by atoms with Gasteiger partial charge in [-0.05, 0) is 57.7 Å². The van der Waals surface area contributed by atoms with Crippen LogP contribution >= 0.6 is 24.0 Å². The lowest BCUT2D eigenvalue weighted by atomic mass is 9.96. The van der Waals surface area contributed by atoms with Gasteiger partial charge in [-0.3, -0.25) is 0 Å². The van der Waals surface area contributed by atoms with E-state index >= 15 is 0 Å². The molecule has 7 heteroatoms. The molecule has 2 heterocycles. The van der Waals surface area contributed by atoms with Crippen molar-refractivity contribution in [2.45, 2.75) is 64.8 Å². The quantitative estimate of drug-likeness (QED) is 0.348. The maximum absolute atomic E-state index is 14.4. The summed E-state index contributed by atoms with van der Waals surface area (Å²) in [6.07, 6.45) is 4.05. The van der Waals surface area contributed by atoms with E-state index in [9.17, 15) is 4.39 Å². The molecule has 0 saturated carbocycles. The highest BCUT2D eigenvalue weighted by Gasteiger charge is 2.41. The third-order valence-electron chi connectivity index (χ3n) is 5.31. The van der Waals surface area contributed by atoms with Crippen LogP contribution in [0.15, 0.2) is 23.2 Å². The van der Waals surface area contributed by atoms with Gasteiger partial charge in [0.25, 0.3) is 0 Å². The third kappa shape index (κ3) is 5.47. The summed E-state index contributed by atoms with van der Waals surface area (Å²) in [4.78, 5) is 6.66. The molecule has 1 aromatic rings. The second-order valence-corrected chi connectivity index (χ2v) is 7.01. The molecule has 2 saturated heterocycles. The molecule has 0 spiro atoms. The van der Waals surface area contributed by atoms with Crippen LogP contribution in [0.4, 0.5) is 10.1 Å². The maximum atomic E-state index is 14.4. The smallest absolute Gasteiger partial charge is 0.191 e. The van der Waals surface area contributed by atoms with Gasteiger partial charge >= 0.3 is 0 Å². The van der Waals surface area contributed by atoms with Gasteiger partial charge in [-0.15, -0.1) is 24.0 Å². The van der Waals surface area contributed by atoms with Gasteiger partial charge in [0.2, 0.25) is 0 Å². The number of hydrogen-bond acceptors (Lipinski definition) is 3. The Morgan fingerprint density at radius 1 is 1.26 bits per heavy atom. The van der Waals surface area contributed by atoms with Gasteiger partial charge in [0.1, 0.15) is 5.82 Å². The van der Waals surface area contributed by atoms with E-state index in [0.717, 1.165) is 44.0 Å². The Hall–Kier alpha value is -1.09. The summed E-state index contributed by atoms with van der Waals surface area (Å²) in [6.45, 7) is 8.96. The fourth-order valence-corrected chi connectivity index (χ4v) is 3.93. The highest BCUT2D eigenvalue weighted by Crippen LogP contribution is 2.34. The third-order valence-corrected chi connectivity index (χ3v) is 5.31. The zero-order chi connectivity index (χ0) is 18.5. The first-order chi connectivity index (χ1) is 12.6.